The summed E-state index contributed by atoms with van der Waals surface area (Å²) in [5.74, 6) is 0.644. The molecule has 0 saturated heterocycles. The highest BCUT2D eigenvalue weighted by molar-refractivity contribution is 5.99. The van der Waals surface area contributed by atoms with Crippen LogP contribution in [0.2, 0.25) is 0 Å². The lowest BCUT2D eigenvalue weighted by Crippen LogP contribution is -2.23. The van der Waals surface area contributed by atoms with E-state index in [1.54, 1.807) is 24.3 Å². The smallest absolute Gasteiger partial charge is 0.323 e. The van der Waals surface area contributed by atoms with Gasteiger partial charge in [-0.3, -0.25) is 0 Å². The topological polar surface area (TPSA) is 82.2 Å². The monoisotopic (exact) mass is 426 g/mol. The molecule has 0 atom stereocenters. The predicted octanol–water partition coefficient (Wildman–Crippen LogP) is 5.30. The number of aromatic nitrogens is 2. The lowest BCUT2D eigenvalue weighted by Gasteiger charge is -2.20. The van der Waals surface area contributed by atoms with E-state index in [0.29, 0.717) is 17.3 Å². The molecular formula is C22H24F2N6O. The molecular weight excluding hydrogens is 402 g/mol. The number of halogens is 2. The van der Waals surface area contributed by atoms with Crippen molar-refractivity contribution in [3.05, 3.63) is 66.0 Å². The van der Waals surface area contributed by atoms with Crippen LogP contribution in [0.15, 0.2) is 48.5 Å². The van der Waals surface area contributed by atoms with E-state index in [1.165, 1.54) is 0 Å². The molecule has 0 fully saturated rings. The van der Waals surface area contributed by atoms with Crippen LogP contribution in [0.25, 0.3) is 0 Å². The second-order valence-electron chi connectivity index (χ2n) is 6.77. The molecule has 0 bridgehead atoms. The van der Waals surface area contributed by atoms with Gasteiger partial charge in [-0.2, -0.15) is 0 Å². The Morgan fingerprint density at radius 2 is 1.45 bits per heavy atom. The molecule has 31 heavy (non-hydrogen) atoms. The van der Waals surface area contributed by atoms with Crippen LogP contribution in [0, 0.1) is 18.6 Å². The van der Waals surface area contributed by atoms with E-state index in [2.05, 4.69) is 44.7 Å². The fourth-order valence-electron chi connectivity index (χ4n) is 3.03. The van der Waals surface area contributed by atoms with Crippen LogP contribution in [0.3, 0.4) is 0 Å². The molecule has 2 aromatic carbocycles. The van der Waals surface area contributed by atoms with Crippen LogP contribution in [0.4, 0.5) is 42.3 Å². The molecule has 0 spiro atoms. The number of carbonyl (C=O) groups excluding carboxylic acids is 1. The van der Waals surface area contributed by atoms with E-state index in [-0.39, 0.29) is 5.69 Å². The quantitative estimate of drug-likeness (QED) is 0.478. The first kappa shape index (κ1) is 21.9. The van der Waals surface area contributed by atoms with Crippen LogP contribution in [0.1, 0.15) is 19.7 Å². The Balaban J connectivity index is 1.64. The number of nitrogens with one attached hydrogen (secondary N) is 3. The zero-order valence-electron chi connectivity index (χ0n) is 17.5. The standard InChI is InChI=1S/C22H24F2N6O/c1-4-30(5-2)21-13-20(25-14(3)26-21)27-17-6-8-18(9-7-17)28-22(31)29-19-11-15(23)10-16(24)12-19/h6-13H,4-5H2,1-3H3,(H,25,26,27)(H2,28,29,31). The van der Waals surface area contributed by atoms with Gasteiger partial charge in [0.1, 0.15) is 29.1 Å². The minimum absolute atomic E-state index is 0.0245. The highest BCUT2D eigenvalue weighted by Crippen LogP contribution is 2.21. The summed E-state index contributed by atoms with van der Waals surface area (Å²) < 4.78 is 26.5. The third-order valence-corrected chi connectivity index (χ3v) is 4.45. The summed E-state index contributed by atoms with van der Waals surface area (Å²) in [5.41, 5.74) is 1.32. The van der Waals surface area contributed by atoms with E-state index in [0.717, 1.165) is 42.8 Å². The summed E-state index contributed by atoms with van der Waals surface area (Å²) in [5, 5.41) is 8.24. The van der Waals surface area contributed by atoms with Crippen LogP contribution >= 0.6 is 0 Å². The molecule has 0 saturated carbocycles. The van der Waals surface area contributed by atoms with Gasteiger partial charge in [-0.05, 0) is 57.2 Å². The van der Waals surface area contributed by atoms with Crippen molar-refractivity contribution in [1.82, 2.24) is 9.97 Å². The van der Waals surface area contributed by atoms with Crippen molar-refractivity contribution in [3.63, 3.8) is 0 Å². The number of urea groups is 1. The number of carbonyl (C=O) groups is 1. The highest BCUT2D eigenvalue weighted by atomic mass is 19.1. The number of amides is 2. The van der Waals surface area contributed by atoms with Crippen molar-refractivity contribution < 1.29 is 13.6 Å². The average molecular weight is 426 g/mol. The van der Waals surface area contributed by atoms with Gasteiger partial charge in [0.15, 0.2) is 0 Å². The summed E-state index contributed by atoms with van der Waals surface area (Å²) in [7, 11) is 0. The second-order valence-corrected chi connectivity index (χ2v) is 6.77. The van der Waals surface area contributed by atoms with Gasteiger partial charge in [-0.1, -0.05) is 0 Å². The fourth-order valence-corrected chi connectivity index (χ4v) is 3.03. The van der Waals surface area contributed by atoms with Crippen LogP contribution in [-0.2, 0) is 0 Å². The molecule has 0 aliphatic rings. The Bertz CT molecular complexity index is 1030. The third-order valence-electron chi connectivity index (χ3n) is 4.45. The van der Waals surface area contributed by atoms with Crippen molar-refractivity contribution >= 4 is 34.7 Å². The zero-order valence-corrected chi connectivity index (χ0v) is 17.5. The lowest BCUT2D eigenvalue weighted by atomic mass is 10.2. The molecule has 7 nitrogen and oxygen atoms in total. The Morgan fingerprint density at radius 3 is 2.06 bits per heavy atom. The Hall–Kier alpha value is -3.75. The van der Waals surface area contributed by atoms with Crippen LogP contribution < -0.4 is 20.9 Å². The summed E-state index contributed by atoms with van der Waals surface area (Å²) in [6.45, 7) is 7.67. The molecule has 3 N–H and O–H groups in total. The van der Waals surface area contributed by atoms with Gasteiger partial charge in [0, 0.05) is 42.3 Å². The van der Waals surface area contributed by atoms with E-state index < -0.39 is 17.7 Å². The molecule has 0 radical (unpaired) electrons. The normalized spacial score (nSPS) is 10.5. The summed E-state index contributed by atoms with van der Waals surface area (Å²) in [6.07, 6.45) is 0. The Labute approximate surface area is 179 Å². The molecule has 162 valence electrons. The number of hydrogen-bond donors (Lipinski definition) is 3. The minimum atomic E-state index is -0.769. The summed E-state index contributed by atoms with van der Waals surface area (Å²) in [6, 6.07) is 11.0. The number of aryl methyl sites for hydroxylation is 1. The SMILES string of the molecule is CCN(CC)c1cc(Nc2ccc(NC(=O)Nc3cc(F)cc(F)c3)cc2)nc(C)n1. The van der Waals surface area contributed by atoms with Crippen LogP contribution in [-0.4, -0.2) is 29.1 Å². The van der Waals surface area contributed by atoms with Crippen molar-refractivity contribution in [2.75, 3.05) is 33.9 Å². The van der Waals surface area contributed by atoms with E-state index in [1.807, 2.05) is 13.0 Å². The van der Waals surface area contributed by atoms with E-state index in [4.69, 9.17) is 0 Å². The van der Waals surface area contributed by atoms with Crippen LogP contribution in [0.5, 0.6) is 0 Å². The first-order valence-electron chi connectivity index (χ1n) is 9.88. The number of benzene rings is 2. The van der Waals surface area contributed by atoms with E-state index in [9.17, 15) is 13.6 Å². The minimum Gasteiger partial charge on any atom is -0.357 e. The third kappa shape index (κ3) is 6.11. The fraction of sp³-hybridized carbons (Fsp3) is 0.227. The molecule has 2 amide bonds. The number of rotatable bonds is 7. The molecule has 9 heteroatoms. The second kappa shape index (κ2) is 9.84. The van der Waals surface area contributed by atoms with Gasteiger partial charge >= 0.3 is 6.03 Å². The highest BCUT2D eigenvalue weighted by Gasteiger charge is 2.09. The molecule has 1 heterocycles. The van der Waals surface area contributed by atoms with Crippen molar-refractivity contribution in [1.29, 1.82) is 0 Å². The Kier molecular flexibility index (Phi) is 6.96. The number of hydrogen-bond acceptors (Lipinski definition) is 5. The Morgan fingerprint density at radius 1 is 0.871 bits per heavy atom. The van der Waals surface area contributed by atoms with E-state index >= 15 is 0 Å². The lowest BCUT2D eigenvalue weighted by molar-refractivity contribution is 0.262. The van der Waals surface area contributed by atoms with Gasteiger partial charge in [0.2, 0.25) is 0 Å². The van der Waals surface area contributed by atoms with Gasteiger partial charge in [-0.25, -0.2) is 23.5 Å². The molecule has 3 aromatic rings. The van der Waals surface area contributed by atoms with Gasteiger partial charge in [0.25, 0.3) is 0 Å². The van der Waals surface area contributed by atoms with Crippen molar-refractivity contribution in [3.8, 4) is 0 Å². The van der Waals surface area contributed by atoms with Gasteiger partial charge < -0.3 is 20.9 Å². The number of anilines is 5. The molecule has 0 aliphatic carbocycles. The first-order valence-corrected chi connectivity index (χ1v) is 9.88. The van der Waals surface area contributed by atoms with Crippen molar-refractivity contribution in [2.24, 2.45) is 0 Å². The maximum Gasteiger partial charge on any atom is 0.323 e. The first-order chi connectivity index (χ1) is 14.9. The predicted molar refractivity (Wildman–Crippen MR) is 119 cm³/mol. The maximum absolute atomic E-state index is 13.2. The molecule has 3 rings (SSSR count). The molecule has 1 aromatic heterocycles. The summed E-state index contributed by atoms with van der Waals surface area (Å²) in [4.78, 5) is 23.1. The van der Waals surface area contributed by atoms with Gasteiger partial charge in [-0.15, -0.1) is 0 Å². The summed E-state index contributed by atoms with van der Waals surface area (Å²) >= 11 is 0. The average Bonchev–Trinajstić information content (AvgIpc) is 2.69. The molecule has 0 unspecified atom stereocenters. The largest absolute Gasteiger partial charge is 0.357 e. The zero-order chi connectivity index (χ0) is 22.4. The molecule has 0 aliphatic heterocycles. The van der Waals surface area contributed by atoms with Crippen molar-refractivity contribution in [2.45, 2.75) is 20.8 Å². The number of nitrogens with zero attached hydrogens (tertiary/aromatic N) is 3. The van der Waals surface area contributed by atoms with Gasteiger partial charge in [0.05, 0.1) is 0 Å². The maximum atomic E-state index is 13.2.